The number of aliphatic hydroxyl groups is 1. The lowest BCUT2D eigenvalue weighted by atomic mass is 9.94. The van der Waals surface area contributed by atoms with Crippen LogP contribution in [-0.2, 0) is 6.42 Å². The van der Waals surface area contributed by atoms with E-state index < -0.39 is 17.7 Å². The Hall–Kier alpha value is -3.59. The van der Waals surface area contributed by atoms with Gasteiger partial charge in [-0.25, -0.2) is 8.78 Å². The molecule has 0 saturated carbocycles. The van der Waals surface area contributed by atoms with Gasteiger partial charge >= 0.3 is 6.01 Å². The number of hydrogen-bond acceptors (Lipinski definition) is 7. The van der Waals surface area contributed by atoms with E-state index in [0.29, 0.717) is 47.1 Å². The van der Waals surface area contributed by atoms with Crippen molar-refractivity contribution in [3.63, 3.8) is 0 Å². The number of phenols is 1. The molecular weight excluding hydrogens is 442 g/mol. The Morgan fingerprint density at radius 3 is 2.65 bits per heavy atom. The lowest BCUT2D eigenvalue weighted by Gasteiger charge is -2.20. The Bertz CT molecular complexity index is 1420. The maximum atomic E-state index is 16.0. The Labute approximate surface area is 194 Å². The van der Waals surface area contributed by atoms with Gasteiger partial charge in [0, 0.05) is 30.8 Å². The van der Waals surface area contributed by atoms with Gasteiger partial charge in [-0.05, 0) is 41.0 Å². The summed E-state index contributed by atoms with van der Waals surface area (Å²) in [7, 11) is 1.39. The van der Waals surface area contributed by atoms with Crippen molar-refractivity contribution >= 4 is 27.5 Å². The summed E-state index contributed by atoms with van der Waals surface area (Å²) in [6.07, 6.45) is 1.32. The van der Waals surface area contributed by atoms with Crippen molar-refractivity contribution in [1.29, 1.82) is 0 Å². The molecule has 3 heterocycles. The van der Waals surface area contributed by atoms with Crippen LogP contribution in [0, 0.1) is 17.6 Å². The molecule has 176 valence electrons. The largest absolute Gasteiger partial charge is 0.508 e. The summed E-state index contributed by atoms with van der Waals surface area (Å²) in [5.41, 5.74) is 0.618. The molecule has 0 amide bonds. The summed E-state index contributed by atoms with van der Waals surface area (Å²) in [4.78, 5) is 14.9. The molecule has 4 aromatic rings. The fraction of sp³-hybridized carbons (Fsp3) is 0.320. The van der Waals surface area contributed by atoms with Crippen LogP contribution in [0.3, 0.4) is 0 Å². The molecule has 1 saturated heterocycles. The monoisotopic (exact) mass is 466 g/mol. The highest BCUT2D eigenvalue weighted by molar-refractivity contribution is 6.01. The van der Waals surface area contributed by atoms with Gasteiger partial charge in [-0.2, -0.15) is 9.97 Å². The maximum Gasteiger partial charge on any atom is 0.318 e. The summed E-state index contributed by atoms with van der Waals surface area (Å²) in [5, 5.41) is 22.0. The van der Waals surface area contributed by atoms with E-state index >= 15 is 4.39 Å². The number of aromatic nitrogens is 3. The predicted molar refractivity (Wildman–Crippen MR) is 125 cm³/mol. The highest BCUT2D eigenvalue weighted by Gasteiger charge is 2.31. The Kier molecular flexibility index (Phi) is 5.44. The first-order chi connectivity index (χ1) is 16.3. The number of ether oxygens (including phenoxy) is 1. The van der Waals surface area contributed by atoms with E-state index in [4.69, 9.17) is 4.74 Å². The SMILES string of the molecule is CCc1c(F)ccc2cc(O)cc(-c3ncc4c(N5CC(C)[C@@H](O)C5)nc(OC)nc4c3F)c12. The molecule has 7 nitrogen and oxygen atoms in total. The number of halogens is 2. The molecule has 9 heteroatoms. The molecule has 0 spiro atoms. The van der Waals surface area contributed by atoms with Gasteiger partial charge in [-0.1, -0.05) is 19.9 Å². The molecule has 5 rings (SSSR count). The third kappa shape index (κ3) is 3.47. The molecule has 34 heavy (non-hydrogen) atoms. The van der Waals surface area contributed by atoms with Crippen LogP contribution in [0.5, 0.6) is 11.8 Å². The number of rotatable bonds is 4. The quantitative estimate of drug-likeness (QED) is 0.465. The van der Waals surface area contributed by atoms with Crippen molar-refractivity contribution in [3.05, 3.63) is 47.7 Å². The molecular formula is C25H24F2N4O3. The van der Waals surface area contributed by atoms with Crippen LogP contribution in [0.4, 0.5) is 14.6 Å². The standard InChI is InChI=1S/C25H24F2N4O3/c1-4-15-18(26)6-5-13-7-14(32)8-16(20(13)15)22-21(27)23-17(9-28-22)24(30-25(29-23)34-3)31-10-12(2)19(33)11-31/h5-9,12,19,32-33H,4,10-11H2,1-3H3/t12?,19-/m0/s1. The fourth-order valence-corrected chi connectivity index (χ4v) is 4.70. The number of anilines is 1. The molecule has 1 unspecified atom stereocenters. The predicted octanol–water partition coefficient (Wildman–Crippen LogP) is 4.22. The summed E-state index contributed by atoms with van der Waals surface area (Å²) in [5.74, 6) is -0.779. The first kappa shape index (κ1) is 22.2. The summed E-state index contributed by atoms with van der Waals surface area (Å²) >= 11 is 0. The number of pyridine rings is 1. The lowest BCUT2D eigenvalue weighted by Crippen LogP contribution is -2.23. The Morgan fingerprint density at radius 1 is 1.18 bits per heavy atom. The van der Waals surface area contributed by atoms with E-state index in [-0.39, 0.29) is 34.5 Å². The molecule has 2 aromatic heterocycles. The minimum Gasteiger partial charge on any atom is -0.508 e. The van der Waals surface area contributed by atoms with E-state index in [9.17, 15) is 14.6 Å². The normalized spacial score (nSPS) is 18.2. The van der Waals surface area contributed by atoms with Gasteiger partial charge in [0.1, 0.15) is 28.6 Å². The fourth-order valence-electron chi connectivity index (χ4n) is 4.70. The van der Waals surface area contributed by atoms with Crippen LogP contribution in [0.2, 0.25) is 0 Å². The zero-order valence-electron chi connectivity index (χ0n) is 19.0. The summed E-state index contributed by atoms with van der Waals surface area (Å²) in [6.45, 7) is 4.63. The van der Waals surface area contributed by atoms with E-state index in [0.717, 1.165) is 0 Å². The number of hydrogen-bond donors (Lipinski definition) is 2. The first-order valence-electron chi connectivity index (χ1n) is 11.1. The average molecular weight is 466 g/mol. The van der Waals surface area contributed by atoms with Gasteiger partial charge in [0.25, 0.3) is 0 Å². The van der Waals surface area contributed by atoms with Crippen molar-refractivity contribution in [2.24, 2.45) is 5.92 Å². The van der Waals surface area contributed by atoms with Crippen LogP contribution >= 0.6 is 0 Å². The smallest absolute Gasteiger partial charge is 0.318 e. The first-order valence-corrected chi connectivity index (χ1v) is 11.1. The third-order valence-electron chi connectivity index (χ3n) is 6.46. The average Bonchev–Trinajstić information content (AvgIpc) is 3.16. The van der Waals surface area contributed by atoms with Crippen molar-refractivity contribution < 1.29 is 23.7 Å². The number of aryl methyl sites for hydroxylation is 1. The van der Waals surface area contributed by atoms with E-state index in [1.807, 2.05) is 18.7 Å². The van der Waals surface area contributed by atoms with Crippen LogP contribution in [-0.4, -0.2) is 51.5 Å². The van der Waals surface area contributed by atoms with Gasteiger partial charge < -0.3 is 19.8 Å². The summed E-state index contributed by atoms with van der Waals surface area (Å²) in [6, 6.07) is 5.77. The minimum atomic E-state index is -0.731. The number of β-amino-alcohol motifs (C(OH)–C–C–N with tert-alkyl or cyclic N) is 1. The van der Waals surface area contributed by atoms with E-state index in [1.54, 1.807) is 6.07 Å². The third-order valence-corrected chi connectivity index (χ3v) is 6.46. The molecule has 1 aliphatic heterocycles. The number of aromatic hydroxyl groups is 1. The Balaban J connectivity index is 1.78. The number of benzene rings is 2. The van der Waals surface area contributed by atoms with Crippen molar-refractivity contribution in [2.45, 2.75) is 26.4 Å². The molecule has 1 fully saturated rings. The molecule has 1 aliphatic rings. The second-order valence-electron chi connectivity index (χ2n) is 8.64. The van der Waals surface area contributed by atoms with Crippen molar-refractivity contribution in [1.82, 2.24) is 15.0 Å². The van der Waals surface area contributed by atoms with Gasteiger partial charge in [-0.15, -0.1) is 0 Å². The van der Waals surface area contributed by atoms with Gasteiger partial charge in [-0.3, -0.25) is 4.98 Å². The van der Waals surface area contributed by atoms with Crippen LogP contribution in [0.1, 0.15) is 19.4 Å². The van der Waals surface area contributed by atoms with E-state index in [1.165, 1.54) is 31.5 Å². The molecule has 0 bridgehead atoms. The number of phenolic OH excluding ortho intramolecular Hbond substituents is 1. The van der Waals surface area contributed by atoms with Crippen LogP contribution < -0.4 is 9.64 Å². The molecule has 0 radical (unpaired) electrons. The zero-order valence-corrected chi connectivity index (χ0v) is 19.0. The minimum absolute atomic E-state index is 0.00756. The highest BCUT2D eigenvalue weighted by Crippen LogP contribution is 2.39. The lowest BCUT2D eigenvalue weighted by molar-refractivity contribution is 0.157. The number of aliphatic hydroxyl groups excluding tert-OH is 1. The van der Waals surface area contributed by atoms with Crippen LogP contribution in [0.15, 0.2) is 30.5 Å². The van der Waals surface area contributed by atoms with Crippen LogP contribution in [0.25, 0.3) is 32.9 Å². The van der Waals surface area contributed by atoms with Crippen molar-refractivity contribution in [3.8, 4) is 23.0 Å². The molecule has 2 N–H and O–H groups in total. The zero-order chi connectivity index (χ0) is 24.1. The van der Waals surface area contributed by atoms with Crippen molar-refractivity contribution in [2.75, 3.05) is 25.1 Å². The highest BCUT2D eigenvalue weighted by atomic mass is 19.1. The molecule has 2 atom stereocenters. The molecule has 2 aromatic carbocycles. The van der Waals surface area contributed by atoms with E-state index in [2.05, 4.69) is 15.0 Å². The molecule has 0 aliphatic carbocycles. The Morgan fingerprint density at radius 2 is 1.97 bits per heavy atom. The summed E-state index contributed by atoms with van der Waals surface area (Å²) < 4.78 is 35.9. The maximum absolute atomic E-state index is 16.0. The number of fused-ring (bicyclic) bond motifs is 2. The van der Waals surface area contributed by atoms with Gasteiger partial charge in [0.15, 0.2) is 5.82 Å². The number of nitrogens with zero attached hydrogens (tertiary/aromatic N) is 4. The van der Waals surface area contributed by atoms with Gasteiger partial charge in [0.05, 0.1) is 18.6 Å². The van der Waals surface area contributed by atoms with Gasteiger partial charge in [0.2, 0.25) is 0 Å². The second kappa shape index (κ2) is 8.32. The second-order valence-corrected chi connectivity index (χ2v) is 8.64. The number of methoxy groups -OCH3 is 1. The topological polar surface area (TPSA) is 91.6 Å².